The van der Waals surface area contributed by atoms with Crippen LogP contribution in [0.4, 0.5) is 5.95 Å². The lowest BCUT2D eigenvalue weighted by Crippen LogP contribution is -2.69. The maximum Gasteiger partial charge on any atom is 0.273 e. The molecule has 1 aliphatic rings. The fourth-order valence-electron chi connectivity index (χ4n) is 2.40. The summed E-state index contributed by atoms with van der Waals surface area (Å²) >= 11 is 0. The Morgan fingerprint density at radius 1 is 1.29 bits per heavy atom. The van der Waals surface area contributed by atoms with Crippen LogP contribution in [0.3, 0.4) is 0 Å². The van der Waals surface area contributed by atoms with Gasteiger partial charge in [0.15, 0.2) is 0 Å². The van der Waals surface area contributed by atoms with Crippen molar-refractivity contribution in [1.82, 2.24) is 20.2 Å². The van der Waals surface area contributed by atoms with Crippen molar-refractivity contribution in [2.45, 2.75) is 32.0 Å². The summed E-state index contributed by atoms with van der Waals surface area (Å²) in [5.41, 5.74) is 6.84. The van der Waals surface area contributed by atoms with E-state index in [1.807, 2.05) is 37.3 Å². The Morgan fingerprint density at radius 2 is 2.00 bits per heavy atom. The number of hydrogen-bond acceptors (Lipinski definition) is 5. The van der Waals surface area contributed by atoms with Gasteiger partial charge < -0.3 is 5.73 Å². The number of carbonyl (C=O) groups is 1. The average molecular weight is 309 g/mol. The van der Waals surface area contributed by atoms with Gasteiger partial charge in [0.1, 0.15) is 6.04 Å². The first kappa shape index (κ1) is 15.4. The molecule has 0 saturated carbocycles. The van der Waals surface area contributed by atoms with Crippen LogP contribution in [0.15, 0.2) is 30.3 Å². The summed E-state index contributed by atoms with van der Waals surface area (Å²) in [4.78, 5) is 14.8. The third-order valence-electron chi connectivity index (χ3n) is 3.51. The minimum Gasteiger partial charge on any atom is -0.318 e. The first-order chi connectivity index (χ1) is 9.70. The quantitative estimate of drug-likeness (QED) is 0.835. The summed E-state index contributed by atoms with van der Waals surface area (Å²) in [7, 11) is 0. The van der Waals surface area contributed by atoms with E-state index in [9.17, 15) is 4.79 Å². The molecule has 0 spiro atoms. The van der Waals surface area contributed by atoms with Crippen molar-refractivity contribution in [1.29, 1.82) is 0 Å². The van der Waals surface area contributed by atoms with Gasteiger partial charge in [-0.2, -0.15) is 4.80 Å². The van der Waals surface area contributed by atoms with E-state index in [1.165, 1.54) is 9.70 Å². The fourth-order valence-corrected chi connectivity index (χ4v) is 2.40. The summed E-state index contributed by atoms with van der Waals surface area (Å²) in [6, 6.07) is 9.37. The Bertz CT molecular complexity index is 616. The lowest BCUT2D eigenvalue weighted by atomic mass is 9.94. The third kappa shape index (κ3) is 2.74. The second-order valence-corrected chi connectivity index (χ2v) is 4.82. The van der Waals surface area contributed by atoms with Gasteiger partial charge in [-0.15, -0.1) is 17.5 Å². The summed E-state index contributed by atoms with van der Waals surface area (Å²) in [5.74, 6) is 0.190. The van der Waals surface area contributed by atoms with Crippen LogP contribution < -0.4 is 10.6 Å². The minimum absolute atomic E-state index is 0. The molecule has 1 fully saturated rings. The van der Waals surface area contributed by atoms with Gasteiger partial charge in [-0.3, -0.25) is 9.69 Å². The second kappa shape index (κ2) is 6.19. The molecule has 2 N–H and O–H groups in total. The zero-order valence-corrected chi connectivity index (χ0v) is 12.4. The van der Waals surface area contributed by atoms with E-state index in [0.29, 0.717) is 12.5 Å². The lowest BCUT2D eigenvalue weighted by Gasteiger charge is -2.42. The highest BCUT2D eigenvalue weighted by molar-refractivity contribution is 6.03. The summed E-state index contributed by atoms with van der Waals surface area (Å²) < 4.78 is 0. The molecule has 2 heterocycles. The zero-order chi connectivity index (χ0) is 14.1. The van der Waals surface area contributed by atoms with E-state index >= 15 is 0 Å². The van der Waals surface area contributed by atoms with Crippen LogP contribution in [0, 0.1) is 0 Å². The SMILES string of the molecule is CCC1C(N)C(=O)N1c1nnn(Cc2ccccc2)n1.Cl. The molecule has 1 aromatic heterocycles. The Balaban J connectivity index is 0.00000161. The maximum atomic E-state index is 11.8. The van der Waals surface area contributed by atoms with Crippen LogP contribution in [0.1, 0.15) is 18.9 Å². The predicted octanol–water partition coefficient (Wildman–Crippen LogP) is 0.596. The normalized spacial score (nSPS) is 20.9. The highest BCUT2D eigenvalue weighted by Gasteiger charge is 2.46. The Labute approximate surface area is 128 Å². The number of tetrazole rings is 1. The van der Waals surface area contributed by atoms with Crippen LogP contribution in [-0.2, 0) is 11.3 Å². The monoisotopic (exact) mass is 308 g/mol. The van der Waals surface area contributed by atoms with Crippen molar-refractivity contribution < 1.29 is 4.79 Å². The van der Waals surface area contributed by atoms with E-state index < -0.39 is 6.04 Å². The van der Waals surface area contributed by atoms with Crippen LogP contribution in [-0.4, -0.2) is 38.2 Å². The van der Waals surface area contributed by atoms with Crippen molar-refractivity contribution in [3.05, 3.63) is 35.9 Å². The van der Waals surface area contributed by atoms with Crippen molar-refractivity contribution >= 4 is 24.3 Å². The summed E-state index contributed by atoms with van der Waals surface area (Å²) in [6.45, 7) is 2.51. The molecule has 2 aromatic rings. The number of hydrogen-bond donors (Lipinski definition) is 1. The molecule has 1 aliphatic heterocycles. The number of β-lactam (4-membered cyclic amide) rings is 1. The van der Waals surface area contributed by atoms with Gasteiger partial charge in [0.05, 0.1) is 12.6 Å². The molecular weight excluding hydrogens is 292 g/mol. The largest absolute Gasteiger partial charge is 0.318 e. The molecule has 8 heteroatoms. The number of anilines is 1. The average Bonchev–Trinajstić information content (AvgIpc) is 2.92. The molecule has 0 radical (unpaired) electrons. The predicted molar refractivity (Wildman–Crippen MR) is 80.1 cm³/mol. The molecule has 7 nitrogen and oxygen atoms in total. The number of aromatic nitrogens is 4. The first-order valence-corrected chi connectivity index (χ1v) is 6.61. The van der Waals surface area contributed by atoms with Gasteiger partial charge in [0.2, 0.25) is 5.91 Å². The van der Waals surface area contributed by atoms with Crippen LogP contribution >= 0.6 is 12.4 Å². The molecule has 1 aromatic carbocycles. The van der Waals surface area contributed by atoms with E-state index in [1.54, 1.807) is 0 Å². The maximum absolute atomic E-state index is 11.8. The van der Waals surface area contributed by atoms with Crippen molar-refractivity contribution in [3.63, 3.8) is 0 Å². The number of carbonyl (C=O) groups excluding carboxylic acids is 1. The molecular formula is C13H17ClN6O. The molecule has 2 atom stereocenters. The van der Waals surface area contributed by atoms with E-state index in [2.05, 4.69) is 15.4 Å². The van der Waals surface area contributed by atoms with Gasteiger partial charge >= 0.3 is 0 Å². The molecule has 0 bridgehead atoms. The fraction of sp³-hybridized carbons (Fsp3) is 0.385. The number of halogens is 1. The molecule has 0 aliphatic carbocycles. The van der Waals surface area contributed by atoms with E-state index in [4.69, 9.17) is 5.73 Å². The molecule has 112 valence electrons. The smallest absolute Gasteiger partial charge is 0.273 e. The molecule has 2 unspecified atom stereocenters. The van der Waals surface area contributed by atoms with Gasteiger partial charge in [0.25, 0.3) is 5.95 Å². The van der Waals surface area contributed by atoms with Crippen molar-refractivity contribution in [3.8, 4) is 0 Å². The molecule has 1 amide bonds. The molecule has 1 saturated heterocycles. The number of rotatable bonds is 4. The number of nitrogens with zero attached hydrogens (tertiary/aromatic N) is 5. The van der Waals surface area contributed by atoms with Crippen molar-refractivity contribution in [2.75, 3.05) is 4.90 Å². The Kier molecular flexibility index (Phi) is 4.54. The first-order valence-electron chi connectivity index (χ1n) is 6.61. The lowest BCUT2D eigenvalue weighted by molar-refractivity contribution is -0.126. The van der Waals surface area contributed by atoms with Crippen molar-refractivity contribution in [2.24, 2.45) is 5.73 Å². The highest BCUT2D eigenvalue weighted by atomic mass is 35.5. The molecule has 21 heavy (non-hydrogen) atoms. The Morgan fingerprint density at radius 3 is 2.67 bits per heavy atom. The topological polar surface area (TPSA) is 89.9 Å². The summed E-state index contributed by atoms with van der Waals surface area (Å²) in [5, 5.41) is 12.2. The third-order valence-corrected chi connectivity index (χ3v) is 3.51. The second-order valence-electron chi connectivity index (χ2n) is 4.82. The van der Waals surface area contributed by atoms with Crippen LogP contribution in [0.5, 0.6) is 0 Å². The number of amides is 1. The van der Waals surface area contributed by atoms with Gasteiger partial charge in [-0.25, -0.2) is 0 Å². The van der Waals surface area contributed by atoms with Gasteiger partial charge in [-0.05, 0) is 17.2 Å². The van der Waals surface area contributed by atoms with E-state index in [0.717, 1.165) is 12.0 Å². The standard InChI is InChI=1S/C13H16N6O.ClH/c1-2-10-11(14)12(20)19(10)13-15-17-18(16-13)8-9-6-4-3-5-7-9;/h3-7,10-11H,2,8,14H2,1H3;1H. The van der Waals surface area contributed by atoms with Crippen LogP contribution in [0.25, 0.3) is 0 Å². The zero-order valence-electron chi connectivity index (χ0n) is 11.6. The minimum atomic E-state index is -0.443. The van der Waals surface area contributed by atoms with Crippen LogP contribution in [0.2, 0.25) is 0 Å². The van der Waals surface area contributed by atoms with Gasteiger partial charge in [0, 0.05) is 0 Å². The summed E-state index contributed by atoms with van der Waals surface area (Å²) in [6.07, 6.45) is 0.778. The van der Waals surface area contributed by atoms with Gasteiger partial charge in [-0.1, -0.05) is 42.4 Å². The number of nitrogens with two attached hydrogens (primary N) is 1. The number of benzene rings is 1. The Hall–Kier alpha value is -1.99. The highest BCUT2D eigenvalue weighted by Crippen LogP contribution is 2.25. The molecule has 3 rings (SSSR count). The van der Waals surface area contributed by atoms with E-state index in [-0.39, 0.29) is 24.4 Å².